The summed E-state index contributed by atoms with van der Waals surface area (Å²) in [5.41, 5.74) is 6.42. The molecule has 0 saturated heterocycles. The van der Waals surface area contributed by atoms with Gasteiger partial charge in [0.2, 0.25) is 0 Å². The predicted octanol–water partition coefficient (Wildman–Crippen LogP) is 6.52. The lowest BCUT2D eigenvalue weighted by Crippen LogP contribution is -2.15. The van der Waals surface area contributed by atoms with Gasteiger partial charge in [0, 0.05) is 24.2 Å². The molecule has 4 nitrogen and oxygen atoms in total. The number of hydrogen-bond acceptors (Lipinski definition) is 3. The molecule has 2 aromatic rings. The Balaban J connectivity index is 0.00000132. The molecule has 1 aromatic carbocycles. The van der Waals surface area contributed by atoms with Crippen LogP contribution in [0.1, 0.15) is 67.7 Å². The number of hydrogen-bond donors (Lipinski definition) is 0. The van der Waals surface area contributed by atoms with Crippen LogP contribution in [0.5, 0.6) is 5.75 Å². The molecular weight excluding hydrogens is 393 g/mol. The van der Waals surface area contributed by atoms with Crippen molar-refractivity contribution in [2.24, 2.45) is 0 Å². The quantitative estimate of drug-likeness (QED) is 0.512. The standard InChI is InChI=1S/C24H26FNO3.C2H6/c1-4-15-12-19-16(13-22(15)28-3)9-10-26-21(19)14-20(24(27)29-5-2)23(26)17-7-6-8-18(25)11-17;1-2/h7,11-14H,4-6,8-10H2,1-3H3;1-2H3. The average Bonchev–Trinajstić information content (AvgIpc) is 3.19. The summed E-state index contributed by atoms with van der Waals surface area (Å²) in [5.74, 6) is 0.384. The highest BCUT2D eigenvalue weighted by Crippen LogP contribution is 2.40. The second kappa shape index (κ2) is 9.99. The van der Waals surface area contributed by atoms with E-state index in [2.05, 4.69) is 23.6 Å². The van der Waals surface area contributed by atoms with Crippen molar-refractivity contribution in [2.45, 2.75) is 59.9 Å². The highest BCUT2D eigenvalue weighted by Gasteiger charge is 2.28. The second-order valence-corrected chi connectivity index (χ2v) is 7.38. The molecule has 0 spiro atoms. The lowest BCUT2D eigenvalue weighted by atomic mass is 9.94. The summed E-state index contributed by atoms with van der Waals surface area (Å²) in [6.07, 6.45) is 6.29. The zero-order chi connectivity index (χ0) is 22.5. The summed E-state index contributed by atoms with van der Waals surface area (Å²) in [4.78, 5) is 12.7. The fourth-order valence-corrected chi connectivity index (χ4v) is 4.32. The van der Waals surface area contributed by atoms with E-state index in [-0.39, 0.29) is 11.8 Å². The zero-order valence-corrected chi connectivity index (χ0v) is 19.2. The number of halogens is 1. The third kappa shape index (κ3) is 4.32. The van der Waals surface area contributed by atoms with Crippen LogP contribution in [-0.2, 0) is 24.1 Å². The third-order valence-corrected chi connectivity index (χ3v) is 5.69. The van der Waals surface area contributed by atoms with Crippen LogP contribution in [0.2, 0.25) is 0 Å². The van der Waals surface area contributed by atoms with E-state index in [9.17, 15) is 9.18 Å². The van der Waals surface area contributed by atoms with Crippen LogP contribution in [0.25, 0.3) is 16.8 Å². The second-order valence-electron chi connectivity index (χ2n) is 7.38. The third-order valence-electron chi connectivity index (χ3n) is 5.69. The van der Waals surface area contributed by atoms with Crippen LogP contribution in [0, 0.1) is 0 Å². The molecule has 0 radical (unpaired) electrons. The van der Waals surface area contributed by atoms with Crippen molar-refractivity contribution in [1.82, 2.24) is 4.57 Å². The number of ether oxygens (including phenoxy) is 2. The van der Waals surface area contributed by atoms with Gasteiger partial charge in [-0.3, -0.25) is 0 Å². The molecule has 2 aliphatic rings. The van der Waals surface area contributed by atoms with Gasteiger partial charge >= 0.3 is 5.97 Å². The van der Waals surface area contributed by atoms with Gasteiger partial charge in [0.25, 0.3) is 0 Å². The molecule has 0 bridgehead atoms. The number of aryl methyl sites for hydroxylation is 2. The Bertz CT molecular complexity index is 1030. The minimum atomic E-state index is -0.365. The first-order valence-corrected chi connectivity index (χ1v) is 11.2. The summed E-state index contributed by atoms with van der Waals surface area (Å²) < 4.78 is 27.1. The first-order chi connectivity index (χ1) is 15.1. The zero-order valence-electron chi connectivity index (χ0n) is 19.2. The Morgan fingerprint density at radius 1 is 1.16 bits per heavy atom. The Morgan fingerprint density at radius 2 is 1.94 bits per heavy atom. The number of fused-ring (bicyclic) bond motifs is 3. The van der Waals surface area contributed by atoms with Crippen LogP contribution in [0.3, 0.4) is 0 Å². The molecular formula is C26H32FNO3. The number of nitrogens with zero attached hydrogens (tertiary/aromatic N) is 1. The summed E-state index contributed by atoms with van der Waals surface area (Å²) in [7, 11) is 1.69. The summed E-state index contributed by atoms with van der Waals surface area (Å²) in [6.45, 7) is 8.92. The topological polar surface area (TPSA) is 40.5 Å². The fourth-order valence-electron chi connectivity index (χ4n) is 4.32. The van der Waals surface area contributed by atoms with Crippen molar-refractivity contribution in [3.05, 3.63) is 58.6 Å². The van der Waals surface area contributed by atoms with Gasteiger partial charge in [-0.15, -0.1) is 0 Å². The first kappa shape index (κ1) is 22.9. The molecule has 0 N–H and O–H groups in total. The van der Waals surface area contributed by atoms with Gasteiger partial charge in [0.1, 0.15) is 11.6 Å². The molecule has 2 heterocycles. The Morgan fingerprint density at radius 3 is 2.58 bits per heavy atom. The Hall–Kier alpha value is -2.82. The lowest BCUT2D eigenvalue weighted by Gasteiger charge is -2.24. The normalized spacial score (nSPS) is 14.4. The van der Waals surface area contributed by atoms with E-state index < -0.39 is 0 Å². The smallest absolute Gasteiger partial charge is 0.340 e. The molecule has 5 heteroatoms. The van der Waals surface area contributed by atoms with Gasteiger partial charge in [-0.1, -0.05) is 26.8 Å². The van der Waals surface area contributed by atoms with Crippen molar-refractivity contribution in [2.75, 3.05) is 13.7 Å². The first-order valence-electron chi connectivity index (χ1n) is 11.2. The molecule has 0 unspecified atom stereocenters. The maximum absolute atomic E-state index is 14.0. The summed E-state index contributed by atoms with van der Waals surface area (Å²) in [6, 6.07) is 6.16. The van der Waals surface area contributed by atoms with Gasteiger partial charge in [-0.2, -0.15) is 0 Å². The van der Waals surface area contributed by atoms with Crippen LogP contribution >= 0.6 is 0 Å². The van der Waals surface area contributed by atoms with Crippen LogP contribution in [-0.4, -0.2) is 24.3 Å². The van der Waals surface area contributed by atoms with Gasteiger partial charge < -0.3 is 14.0 Å². The number of allylic oxidation sites excluding steroid dienone is 4. The van der Waals surface area contributed by atoms with E-state index in [1.54, 1.807) is 20.1 Å². The van der Waals surface area contributed by atoms with Crippen LogP contribution in [0.15, 0.2) is 36.2 Å². The van der Waals surface area contributed by atoms with E-state index in [0.29, 0.717) is 25.0 Å². The Labute approximate surface area is 184 Å². The van der Waals surface area contributed by atoms with E-state index in [0.717, 1.165) is 53.2 Å². The maximum Gasteiger partial charge on any atom is 0.340 e. The minimum Gasteiger partial charge on any atom is -0.496 e. The molecule has 166 valence electrons. The molecule has 1 aromatic heterocycles. The molecule has 0 saturated carbocycles. The minimum absolute atomic E-state index is 0.151. The van der Waals surface area contributed by atoms with Crippen molar-refractivity contribution in [3.8, 4) is 17.0 Å². The number of carbonyl (C=O) groups excluding carboxylic acids is 1. The van der Waals surface area contributed by atoms with Gasteiger partial charge in [-0.05, 0) is 67.2 Å². The van der Waals surface area contributed by atoms with Gasteiger partial charge in [0.15, 0.2) is 0 Å². The number of esters is 1. The van der Waals surface area contributed by atoms with Gasteiger partial charge in [-0.25, -0.2) is 9.18 Å². The number of aromatic nitrogens is 1. The molecule has 1 aliphatic carbocycles. The van der Waals surface area contributed by atoms with Crippen molar-refractivity contribution >= 4 is 11.5 Å². The lowest BCUT2D eigenvalue weighted by molar-refractivity contribution is 0.0526. The average molecular weight is 426 g/mol. The number of methoxy groups -OCH3 is 1. The molecule has 0 fully saturated rings. The summed E-state index contributed by atoms with van der Waals surface area (Å²) in [5, 5.41) is 0. The van der Waals surface area contributed by atoms with Crippen LogP contribution in [0.4, 0.5) is 4.39 Å². The van der Waals surface area contributed by atoms with E-state index >= 15 is 0 Å². The SMILES string of the molecule is CC.CCOC(=O)c1cc2n(c1C1=CCCC(F)=C1)CCc1cc(OC)c(CC)cc1-2. The fraction of sp³-hybridized carbons (Fsp3) is 0.423. The van der Waals surface area contributed by atoms with Crippen molar-refractivity contribution in [3.63, 3.8) is 0 Å². The predicted molar refractivity (Wildman–Crippen MR) is 123 cm³/mol. The highest BCUT2D eigenvalue weighted by molar-refractivity contribution is 5.98. The van der Waals surface area contributed by atoms with E-state index in [1.807, 2.05) is 26.0 Å². The monoisotopic (exact) mass is 425 g/mol. The largest absolute Gasteiger partial charge is 0.496 e. The number of carbonyl (C=O) groups is 1. The molecule has 4 rings (SSSR count). The molecule has 1 aliphatic heterocycles. The number of benzene rings is 1. The molecule has 0 atom stereocenters. The number of rotatable bonds is 5. The van der Waals surface area contributed by atoms with Crippen molar-refractivity contribution < 1.29 is 18.7 Å². The maximum atomic E-state index is 14.0. The van der Waals surface area contributed by atoms with E-state index in [1.165, 1.54) is 5.56 Å². The van der Waals surface area contributed by atoms with E-state index in [4.69, 9.17) is 9.47 Å². The van der Waals surface area contributed by atoms with Crippen LogP contribution < -0.4 is 4.74 Å². The van der Waals surface area contributed by atoms with Crippen molar-refractivity contribution in [1.29, 1.82) is 0 Å². The molecule has 31 heavy (non-hydrogen) atoms. The molecule has 0 amide bonds. The highest BCUT2D eigenvalue weighted by atomic mass is 19.1. The van der Waals surface area contributed by atoms with Gasteiger partial charge in [0.05, 0.1) is 25.0 Å². The Kier molecular flexibility index (Phi) is 7.37. The summed E-state index contributed by atoms with van der Waals surface area (Å²) >= 11 is 0.